The first-order valence-corrected chi connectivity index (χ1v) is 5.56. The van der Waals surface area contributed by atoms with Crippen LogP contribution in [0.3, 0.4) is 0 Å². The number of ether oxygens (including phenoxy) is 2. The van der Waals surface area contributed by atoms with Gasteiger partial charge in [-0.2, -0.15) is 0 Å². The molecule has 4 nitrogen and oxygen atoms in total. The number of nitrogens with one attached hydrogen (secondary N) is 1. The van der Waals surface area contributed by atoms with E-state index in [1.807, 2.05) is 6.92 Å². The Balaban J connectivity index is 2.36. The van der Waals surface area contributed by atoms with Crippen molar-refractivity contribution in [3.05, 3.63) is 0 Å². The van der Waals surface area contributed by atoms with Crippen molar-refractivity contribution in [2.75, 3.05) is 20.3 Å². The third-order valence-electron chi connectivity index (χ3n) is 2.92. The fourth-order valence-electron chi connectivity index (χ4n) is 1.85. The summed E-state index contributed by atoms with van der Waals surface area (Å²) in [6.07, 6.45) is 2.90. The van der Waals surface area contributed by atoms with Gasteiger partial charge < -0.3 is 14.8 Å². The van der Waals surface area contributed by atoms with E-state index in [4.69, 9.17) is 9.47 Å². The van der Waals surface area contributed by atoms with Crippen molar-refractivity contribution >= 4 is 5.97 Å². The molecule has 0 radical (unpaired) electrons. The monoisotopic (exact) mass is 215 g/mol. The van der Waals surface area contributed by atoms with Crippen molar-refractivity contribution in [3.63, 3.8) is 0 Å². The number of hydrogen-bond acceptors (Lipinski definition) is 4. The number of carbonyl (C=O) groups excluding carboxylic acids is 1. The number of esters is 1. The lowest BCUT2D eigenvalue weighted by molar-refractivity contribution is -0.143. The summed E-state index contributed by atoms with van der Waals surface area (Å²) in [7, 11) is 1.42. The fraction of sp³-hybridized carbons (Fsp3) is 0.909. The molecule has 1 saturated heterocycles. The van der Waals surface area contributed by atoms with Crippen molar-refractivity contribution in [1.82, 2.24) is 5.32 Å². The minimum absolute atomic E-state index is 0.110. The van der Waals surface area contributed by atoms with E-state index < -0.39 is 0 Å². The summed E-state index contributed by atoms with van der Waals surface area (Å²) in [5, 5.41) is 3.20. The molecule has 0 spiro atoms. The van der Waals surface area contributed by atoms with E-state index in [9.17, 15) is 4.79 Å². The smallest absolute Gasteiger partial charge is 0.322 e. The van der Waals surface area contributed by atoms with Crippen LogP contribution >= 0.6 is 0 Å². The summed E-state index contributed by atoms with van der Waals surface area (Å²) in [6.45, 7) is 5.58. The van der Waals surface area contributed by atoms with Gasteiger partial charge in [-0.05, 0) is 26.2 Å². The highest BCUT2D eigenvalue weighted by molar-refractivity contribution is 5.75. The average Bonchev–Trinajstić information content (AvgIpc) is 2.66. The van der Waals surface area contributed by atoms with Gasteiger partial charge in [0.1, 0.15) is 6.04 Å². The van der Waals surface area contributed by atoms with Gasteiger partial charge in [0.05, 0.1) is 12.7 Å². The van der Waals surface area contributed by atoms with Crippen molar-refractivity contribution in [1.29, 1.82) is 0 Å². The molecule has 0 aromatic rings. The van der Waals surface area contributed by atoms with Gasteiger partial charge in [-0.25, -0.2) is 0 Å². The fourth-order valence-corrected chi connectivity index (χ4v) is 1.85. The van der Waals surface area contributed by atoms with Gasteiger partial charge in [0, 0.05) is 13.2 Å². The second-order valence-corrected chi connectivity index (χ2v) is 4.27. The summed E-state index contributed by atoms with van der Waals surface area (Å²) in [5.74, 6) is -0.195. The molecule has 0 saturated carbocycles. The van der Waals surface area contributed by atoms with Crippen LogP contribution in [0.25, 0.3) is 0 Å². The van der Waals surface area contributed by atoms with E-state index in [-0.39, 0.29) is 17.6 Å². The normalized spacial score (nSPS) is 27.7. The Hall–Kier alpha value is -0.610. The number of methoxy groups -OCH3 is 1. The molecule has 88 valence electrons. The van der Waals surface area contributed by atoms with Crippen molar-refractivity contribution in [2.45, 2.75) is 44.8 Å². The standard InChI is InChI=1S/C11H21NO3/c1-4-9(10(13)14-3)12-8-11(2)6-5-7-15-11/h9,12H,4-8H2,1-3H3/t9-,11-/m0/s1. The van der Waals surface area contributed by atoms with Crippen LogP contribution in [0, 0.1) is 0 Å². The van der Waals surface area contributed by atoms with E-state index in [2.05, 4.69) is 12.2 Å². The molecule has 1 heterocycles. The molecule has 0 amide bonds. The zero-order valence-corrected chi connectivity index (χ0v) is 9.84. The average molecular weight is 215 g/mol. The lowest BCUT2D eigenvalue weighted by Crippen LogP contribution is -2.45. The van der Waals surface area contributed by atoms with E-state index >= 15 is 0 Å². The molecule has 15 heavy (non-hydrogen) atoms. The summed E-state index contributed by atoms with van der Waals surface area (Å²) in [5.41, 5.74) is -0.110. The zero-order valence-electron chi connectivity index (χ0n) is 9.84. The predicted octanol–water partition coefficient (Wildman–Crippen LogP) is 1.10. The van der Waals surface area contributed by atoms with Crippen LogP contribution in [0.5, 0.6) is 0 Å². The lowest BCUT2D eigenvalue weighted by Gasteiger charge is -2.26. The number of hydrogen-bond donors (Lipinski definition) is 1. The number of rotatable bonds is 5. The van der Waals surface area contributed by atoms with E-state index in [1.54, 1.807) is 0 Å². The van der Waals surface area contributed by atoms with Gasteiger partial charge >= 0.3 is 5.97 Å². The molecular formula is C11H21NO3. The van der Waals surface area contributed by atoms with Gasteiger partial charge in [0.25, 0.3) is 0 Å². The highest BCUT2D eigenvalue weighted by Crippen LogP contribution is 2.24. The minimum Gasteiger partial charge on any atom is -0.468 e. The molecule has 1 aliphatic rings. The third kappa shape index (κ3) is 3.47. The molecular weight excluding hydrogens is 194 g/mol. The van der Waals surface area contributed by atoms with Gasteiger partial charge in [-0.1, -0.05) is 6.92 Å². The molecule has 0 aliphatic carbocycles. The Kier molecular flexibility index (Phi) is 4.54. The van der Waals surface area contributed by atoms with Crippen LogP contribution < -0.4 is 5.32 Å². The van der Waals surface area contributed by atoms with Crippen LogP contribution in [0.2, 0.25) is 0 Å². The first kappa shape index (κ1) is 12.5. The molecule has 1 fully saturated rings. The molecule has 1 aliphatic heterocycles. The molecule has 0 bridgehead atoms. The molecule has 2 atom stereocenters. The topological polar surface area (TPSA) is 47.6 Å². The van der Waals surface area contributed by atoms with E-state index in [0.717, 1.165) is 25.9 Å². The molecule has 4 heteroatoms. The summed E-state index contributed by atoms with van der Waals surface area (Å²) >= 11 is 0. The van der Waals surface area contributed by atoms with Crippen LogP contribution in [0.4, 0.5) is 0 Å². The molecule has 0 unspecified atom stereocenters. The minimum atomic E-state index is -0.212. The van der Waals surface area contributed by atoms with E-state index in [0.29, 0.717) is 6.54 Å². The molecule has 0 aromatic carbocycles. The Morgan fingerprint density at radius 2 is 2.40 bits per heavy atom. The third-order valence-corrected chi connectivity index (χ3v) is 2.92. The second-order valence-electron chi connectivity index (χ2n) is 4.27. The lowest BCUT2D eigenvalue weighted by atomic mass is 10.0. The van der Waals surface area contributed by atoms with Gasteiger partial charge in [0.15, 0.2) is 0 Å². The first-order valence-electron chi connectivity index (χ1n) is 5.56. The maximum absolute atomic E-state index is 11.3. The molecule has 1 N–H and O–H groups in total. The van der Waals surface area contributed by atoms with Gasteiger partial charge in [0.2, 0.25) is 0 Å². The molecule has 1 rings (SSSR count). The first-order chi connectivity index (χ1) is 7.11. The Morgan fingerprint density at radius 3 is 2.87 bits per heavy atom. The highest BCUT2D eigenvalue weighted by Gasteiger charge is 2.31. The van der Waals surface area contributed by atoms with Gasteiger partial charge in [-0.3, -0.25) is 4.79 Å². The van der Waals surface area contributed by atoms with Crippen LogP contribution in [-0.2, 0) is 14.3 Å². The summed E-state index contributed by atoms with van der Waals surface area (Å²) in [6, 6.07) is -0.212. The van der Waals surface area contributed by atoms with Crippen LogP contribution in [0.15, 0.2) is 0 Å². The van der Waals surface area contributed by atoms with Crippen molar-refractivity contribution in [3.8, 4) is 0 Å². The molecule has 0 aromatic heterocycles. The largest absolute Gasteiger partial charge is 0.468 e. The highest BCUT2D eigenvalue weighted by atomic mass is 16.5. The second kappa shape index (κ2) is 5.47. The maximum atomic E-state index is 11.3. The number of carbonyl (C=O) groups is 1. The summed E-state index contributed by atoms with van der Waals surface area (Å²) in [4.78, 5) is 11.3. The zero-order chi connectivity index (χ0) is 11.3. The van der Waals surface area contributed by atoms with Gasteiger partial charge in [-0.15, -0.1) is 0 Å². The Morgan fingerprint density at radius 1 is 1.67 bits per heavy atom. The Labute approximate surface area is 91.3 Å². The Bertz CT molecular complexity index is 212. The van der Waals surface area contributed by atoms with Crippen molar-refractivity contribution < 1.29 is 14.3 Å². The SMILES string of the molecule is CC[C@H](NC[C@]1(C)CCCO1)C(=O)OC. The van der Waals surface area contributed by atoms with Crippen LogP contribution in [-0.4, -0.2) is 37.9 Å². The van der Waals surface area contributed by atoms with E-state index in [1.165, 1.54) is 7.11 Å². The summed E-state index contributed by atoms with van der Waals surface area (Å²) < 4.78 is 10.3. The maximum Gasteiger partial charge on any atom is 0.322 e. The quantitative estimate of drug-likeness (QED) is 0.698. The predicted molar refractivity (Wildman–Crippen MR) is 57.7 cm³/mol. The van der Waals surface area contributed by atoms with Crippen molar-refractivity contribution in [2.24, 2.45) is 0 Å². The van der Waals surface area contributed by atoms with Crippen LogP contribution in [0.1, 0.15) is 33.1 Å².